The average Bonchev–Trinajstić information content (AvgIpc) is 3.04. The van der Waals surface area contributed by atoms with Gasteiger partial charge in [0.2, 0.25) is 11.8 Å². The second-order valence-corrected chi connectivity index (χ2v) is 7.39. The first kappa shape index (κ1) is 23.8. The van der Waals surface area contributed by atoms with Crippen LogP contribution in [0, 0.1) is 17.5 Å². The maximum atomic E-state index is 13.6. The van der Waals surface area contributed by atoms with Gasteiger partial charge in [0.25, 0.3) is 5.91 Å². The Kier molecular flexibility index (Phi) is 7.00. The molecule has 3 N–H and O–H groups in total. The molecule has 8 nitrogen and oxygen atoms in total. The molecular formula is C22H21F3N4O4. The molecule has 1 fully saturated rings. The predicted molar refractivity (Wildman–Crippen MR) is 111 cm³/mol. The summed E-state index contributed by atoms with van der Waals surface area (Å²) < 4.78 is 39.9. The highest BCUT2D eigenvalue weighted by Gasteiger charge is 2.52. The molecule has 0 aliphatic carbocycles. The Morgan fingerprint density at radius 2 is 1.70 bits per heavy atom. The summed E-state index contributed by atoms with van der Waals surface area (Å²) in [5.41, 5.74) is -1.31. The number of carbonyl (C=O) groups is 4. The summed E-state index contributed by atoms with van der Waals surface area (Å²) in [6.07, 6.45) is 0.906. The van der Waals surface area contributed by atoms with Crippen molar-refractivity contribution in [3.05, 3.63) is 65.5 Å². The molecule has 2 aromatic carbocycles. The molecule has 1 unspecified atom stereocenters. The highest BCUT2D eigenvalue weighted by molar-refractivity contribution is 6.09. The maximum Gasteiger partial charge on any atom is 0.325 e. The van der Waals surface area contributed by atoms with Crippen LogP contribution in [0.5, 0.6) is 0 Å². The lowest BCUT2D eigenvalue weighted by Gasteiger charge is -2.26. The molecule has 0 radical (unpaired) electrons. The Labute approximate surface area is 187 Å². The number of carbonyl (C=O) groups excluding carboxylic acids is 4. The molecule has 11 heteroatoms. The first-order chi connectivity index (χ1) is 15.7. The number of halogens is 3. The molecule has 1 aliphatic rings. The van der Waals surface area contributed by atoms with Crippen LogP contribution in [0.4, 0.5) is 23.7 Å². The van der Waals surface area contributed by atoms with E-state index in [9.17, 15) is 32.3 Å². The number of urea groups is 1. The molecule has 1 heterocycles. The van der Waals surface area contributed by atoms with Gasteiger partial charge in [0.1, 0.15) is 12.1 Å². The summed E-state index contributed by atoms with van der Waals surface area (Å²) in [5.74, 6) is -7.08. The highest BCUT2D eigenvalue weighted by Crippen LogP contribution is 2.33. The van der Waals surface area contributed by atoms with Gasteiger partial charge in [-0.05, 0) is 24.1 Å². The fraction of sp³-hybridized carbons (Fsp3) is 0.273. The van der Waals surface area contributed by atoms with Crippen LogP contribution in [-0.2, 0) is 19.9 Å². The van der Waals surface area contributed by atoms with E-state index in [0.717, 1.165) is 11.0 Å². The number of nitrogens with zero attached hydrogens (tertiary/aromatic N) is 1. The highest BCUT2D eigenvalue weighted by atomic mass is 19.2. The van der Waals surface area contributed by atoms with E-state index in [0.29, 0.717) is 24.5 Å². The minimum atomic E-state index is -1.75. The zero-order valence-electron chi connectivity index (χ0n) is 17.6. The number of rotatable bonds is 8. The van der Waals surface area contributed by atoms with Gasteiger partial charge in [0.05, 0.1) is 12.2 Å². The van der Waals surface area contributed by atoms with Gasteiger partial charge >= 0.3 is 6.03 Å². The van der Waals surface area contributed by atoms with Crippen molar-refractivity contribution in [2.75, 3.05) is 18.4 Å². The van der Waals surface area contributed by atoms with Gasteiger partial charge in [0.15, 0.2) is 17.5 Å². The van der Waals surface area contributed by atoms with E-state index in [2.05, 4.69) is 10.6 Å². The summed E-state index contributed by atoms with van der Waals surface area (Å²) in [7, 11) is 0. The van der Waals surface area contributed by atoms with Crippen molar-refractivity contribution in [3.63, 3.8) is 0 Å². The minimum absolute atomic E-state index is 0.321. The second kappa shape index (κ2) is 9.72. The fourth-order valence-electron chi connectivity index (χ4n) is 3.57. The van der Waals surface area contributed by atoms with Crippen LogP contribution in [0.15, 0.2) is 42.5 Å². The monoisotopic (exact) mass is 462 g/mol. The molecule has 0 spiro atoms. The van der Waals surface area contributed by atoms with E-state index < -0.39 is 65.5 Å². The van der Waals surface area contributed by atoms with E-state index in [1.54, 1.807) is 30.3 Å². The lowest BCUT2D eigenvalue weighted by atomic mass is 9.85. The quantitative estimate of drug-likeness (QED) is 0.414. The molecule has 1 atom stereocenters. The first-order valence-corrected chi connectivity index (χ1v) is 10.1. The van der Waals surface area contributed by atoms with Gasteiger partial charge < -0.3 is 16.0 Å². The van der Waals surface area contributed by atoms with E-state index in [1.807, 2.05) is 12.2 Å². The topological polar surface area (TPSA) is 108 Å². The Morgan fingerprint density at radius 1 is 1.00 bits per heavy atom. The van der Waals surface area contributed by atoms with Crippen LogP contribution < -0.4 is 16.0 Å². The molecule has 0 aromatic heterocycles. The van der Waals surface area contributed by atoms with Gasteiger partial charge in [-0.3, -0.25) is 19.3 Å². The second-order valence-electron chi connectivity index (χ2n) is 7.39. The smallest absolute Gasteiger partial charge is 0.325 e. The third-order valence-electron chi connectivity index (χ3n) is 5.12. The van der Waals surface area contributed by atoms with Crippen LogP contribution in [0.1, 0.15) is 25.3 Å². The third-order valence-corrected chi connectivity index (χ3v) is 5.12. The minimum Gasteiger partial charge on any atom is -0.345 e. The standard InChI is InChI=1S/C22H21F3N4O4/c1-2-10-22(13-6-4-3-5-7-13)20(32)29(21(33)28-22)12-17(31)26-11-16(30)27-15-9-8-14(23)18(24)19(15)25/h3-9H,2,10-12H2,1H3,(H,26,31)(H,27,30)(H,28,33). The molecule has 0 bridgehead atoms. The Balaban J connectivity index is 1.62. The normalized spacial score (nSPS) is 17.6. The Hall–Kier alpha value is -3.89. The molecule has 1 aliphatic heterocycles. The SMILES string of the molecule is CCCC1(c2ccccc2)NC(=O)N(CC(=O)NCC(=O)Nc2ccc(F)c(F)c2F)C1=O. The number of amides is 5. The third kappa shape index (κ3) is 4.81. The lowest BCUT2D eigenvalue weighted by Crippen LogP contribution is -2.45. The summed E-state index contributed by atoms with van der Waals surface area (Å²) >= 11 is 0. The van der Waals surface area contributed by atoms with E-state index in [4.69, 9.17) is 0 Å². The van der Waals surface area contributed by atoms with Crippen molar-refractivity contribution >= 4 is 29.4 Å². The Morgan fingerprint density at radius 3 is 2.36 bits per heavy atom. The zero-order chi connectivity index (χ0) is 24.2. The lowest BCUT2D eigenvalue weighted by molar-refractivity contribution is -0.135. The molecular weight excluding hydrogens is 441 g/mol. The number of benzene rings is 2. The van der Waals surface area contributed by atoms with Crippen LogP contribution in [-0.4, -0.2) is 41.7 Å². The summed E-state index contributed by atoms with van der Waals surface area (Å²) in [4.78, 5) is 50.6. The molecule has 0 saturated carbocycles. The van der Waals surface area contributed by atoms with Gasteiger partial charge in [-0.25, -0.2) is 18.0 Å². The zero-order valence-corrected chi connectivity index (χ0v) is 17.6. The molecule has 174 valence electrons. The maximum absolute atomic E-state index is 13.6. The number of imide groups is 1. The van der Waals surface area contributed by atoms with Crippen molar-refractivity contribution < 1.29 is 32.3 Å². The summed E-state index contributed by atoms with van der Waals surface area (Å²) in [6, 6.07) is 9.37. The molecule has 5 amide bonds. The average molecular weight is 462 g/mol. The summed E-state index contributed by atoms with van der Waals surface area (Å²) in [6.45, 7) is 0.559. The largest absolute Gasteiger partial charge is 0.345 e. The molecule has 3 rings (SSSR count). The fourth-order valence-corrected chi connectivity index (χ4v) is 3.57. The van der Waals surface area contributed by atoms with Gasteiger partial charge in [-0.1, -0.05) is 43.7 Å². The van der Waals surface area contributed by atoms with Crippen LogP contribution in [0.3, 0.4) is 0 Å². The van der Waals surface area contributed by atoms with E-state index in [1.165, 1.54) is 0 Å². The number of nitrogens with one attached hydrogen (secondary N) is 3. The molecule has 1 saturated heterocycles. The van der Waals surface area contributed by atoms with Crippen LogP contribution in [0.25, 0.3) is 0 Å². The predicted octanol–water partition coefficient (Wildman–Crippen LogP) is 2.41. The van der Waals surface area contributed by atoms with Gasteiger partial charge in [-0.15, -0.1) is 0 Å². The number of hydrogen-bond acceptors (Lipinski definition) is 4. The van der Waals surface area contributed by atoms with Crippen molar-refractivity contribution in [3.8, 4) is 0 Å². The van der Waals surface area contributed by atoms with Crippen molar-refractivity contribution in [2.24, 2.45) is 0 Å². The Bertz CT molecular complexity index is 1100. The van der Waals surface area contributed by atoms with E-state index in [-0.39, 0.29) is 0 Å². The summed E-state index contributed by atoms with van der Waals surface area (Å²) in [5, 5.41) is 6.87. The molecule has 2 aromatic rings. The van der Waals surface area contributed by atoms with Crippen molar-refractivity contribution in [1.82, 2.24) is 15.5 Å². The first-order valence-electron chi connectivity index (χ1n) is 10.1. The van der Waals surface area contributed by atoms with Crippen molar-refractivity contribution in [1.29, 1.82) is 0 Å². The number of anilines is 1. The van der Waals surface area contributed by atoms with Gasteiger partial charge in [0, 0.05) is 0 Å². The van der Waals surface area contributed by atoms with Crippen molar-refractivity contribution in [2.45, 2.75) is 25.3 Å². The van der Waals surface area contributed by atoms with Crippen LogP contribution in [0.2, 0.25) is 0 Å². The van der Waals surface area contributed by atoms with Crippen LogP contribution >= 0.6 is 0 Å². The van der Waals surface area contributed by atoms with Gasteiger partial charge in [-0.2, -0.15) is 0 Å². The molecule has 33 heavy (non-hydrogen) atoms. The van der Waals surface area contributed by atoms with E-state index >= 15 is 0 Å². The number of hydrogen-bond donors (Lipinski definition) is 3.